The van der Waals surface area contributed by atoms with Crippen LogP contribution in [0, 0.1) is 0 Å². The number of aliphatic hydroxyl groups is 1. The molecule has 0 aromatic carbocycles. The Labute approximate surface area is 93.0 Å². The smallest absolute Gasteiger partial charge is 0.360 e. The van der Waals surface area contributed by atoms with Gasteiger partial charge in [0.1, 0.15) is 0 Å². The van der Waals surface area contributed by atoms with E-state index in [9.17, 15) is 9.90 Å². The molecule has 0 spiro atoms. The van der Waals surface area contributed by atoms with Gasteiger partial charge in [-0.25, -0.2) is 9.48 Å². The highest BCUT2D eigenvalue weighted by Crippen LogP contribution is 1.97. The summed E-state index contributed by atoms with van der Waals surface area (Å²) in [4.78, 5) is 11.1. The largest absolute Gasteiger partial charge is 0.464 e. The van der Waals surface area contributed by atoms with E-state index in [1.54, 1.807) is 0 Å². The van der Waals surface area contributed by atoms with Gasteiger partial charge in [0.05, 0.1) is 32.6 Å². The third kappa shape index (κ3) is 3.59. The van der Waals surface area contributed by atoms with Crippen LogP contribution in [0.25, 0.3) is 0 Å². The van der Waals surface area contributed by atoms with Crippen LogP contribution in [0.3, 0.4) is 0 Å². The van der Waals surface area contributed by atoms with E-state index in [4.69, 9.17) is 4.74 Å². The molecule has 1 unspecified atom stereocenters. The van der Waals surface area contributed by atoms with Gasteiger partial charge in [-0.15, -0.1) is 5.10 Å². The number of hydrogen-bond acceptors (Lipinski definition) is 6. The quantitative estimate of drug-likeness (QED) is 0.659. The molecule has 0 fully saturated rings. The Bertz CT molecular complexity index is 339. The lowest BCUT2D eigenvalue weighted by molar-refractivity contribution is 0.0313. The highest BCUT2D eigenvalue weighted by atomic mass is 16.5. The first-order valence-electron chi connectivity index (χ1n) is 4.91. The maximum Gasteiger partial charge on any atom is 0.360 e. The Morgan fingerprint density at radius 3 is 3.06 bits per heavy atom. The lowest BCUT2D eigenvalue weighted by atomic mass is 10.4. The van der Waals surface area contributed by atoms with E-state index in [0.29, 0.717) is 6.61 Å². The van der Waals surface area contributed by atoms with Crippen molar-refractivity contribution in [3.8, 4) is 0 Å². The van der Waals surface area contributed by atoms with E-state index in [2.05, 4.69) is 15.0 Å². The summed E-state index contributed by atoms with van der Waals surface area (Å²) in [5.41, 5.74) is 0.117. The van der Waals surface area contributed by atoms with Crippen LogP contribution >= 0.6 is 0 Å². The Morgan fingerprint density at radius 2 is 2.44 bits per heavy atom. The Kier molecular flexibility index (Phi) is 4.87. The predicted octanol–water partition coefficient (Wildman–Crippen LogP) is -0.538. The molecule has 0 amide bonds. The molecule has 1 rings (SSSR count). The lowest BCUT2D eigenvalue weighted by Crippen LogP contribution is -2.22. The number of hydrogen-bond donors (Lipinski definition) is 1. The molecule has 0 aliphatic rings. The van der Waals surface area contributed by atoms with Gasteiger partial charge in [-0.3, -0.25) is 0 Å². The average molecular weight is 229 g/mol. The first kappa shape index (κ1) is 12.6. The molecule has 7 nitrogen and oxygen atoms in total. The highest BCUT2D eigenvalue weighted by Gasteiger charge is 2.12. The van der Waals surface area contributed by atoms with Crippen LogP contribution in [0.1, 0.15) is 17.4 Å². The second kappa shape index (κ2) is 6.19. The lowest BCUT2D eigenvalue weighted by Gasteiger charge is -2.09. The number of methoxy groups -OCH3 is 1. The Balaban J connectivity index is 2.48. The van der Waals surface area contributed by atoms with Gasteiger partial charge in [0.15, 0.2) is 5.69 Å². The van der Waals surface area contributed by atoms with Gasteiger partial charge < -0.3 is 14.6 Å². The number of rotatable bonds is 6. The van der Waals surface area contributed by atoms with Crippen LogP contribution in [0.15, 0.2) is 6.20 Å². The molecule has 1 aromatic rings. The maximum absolute atomic E-state index is 11.1. The van der Waals surface area contributed by atoms with Crippen molar-refractivity contribution in [3.63, 3.8) is 0 Å². The van der Waals surface area contributed by atoms with E-state index in [0.717, 1.165) is 0 Å². The summed E-state index contributed by atoms with van der Waals surface area (Å²) < 4.78 is 10.9. The second-order valence-corrected chi connectivity index (χ2v) is 3.13. The zero-order chi connectivity index (χ0) is 12.0. The topological polar surface area (TPSA) is 86.5 Å². The fourth-order valence-electron chi connectivity index (χ4n) is 1.11. The molecule has 1 atom stereocenters. The van der Waals surface area contributed by atoms with Crippen molar-refractivity contribution in [2.24, 2.45) is 0 Å². The fourth-order valence-corrected chi connectivity index (χ4v) is 1.11. The zero-order valence-corrected chi connectivity index (χ0v) is 9.29. The van der Waals surface area contributed by atoms with Gasteiger partial charge in [-0.1, -0.05) is 5.21 Å². The van der Waals surface area contributed by atoms with Gasteiger partial charge in [-0.2, -0.15) is 0 Å². The minimum atomic E-state index is -0.674. The minimum Gasteiger partial charge on any atom is -0.464 e. The van der Waals surface area contributed by atoms with E-state index in [1.165, 1.54) is 18.0 Å². The van der Waals surface area contributed by atoms with Crippen LogP contribution in [0.5, 0.6) is 0 Å². The van der Waals surface area contributed by atoms with Gasteiger partial charge >= 0.3 is 5.97 Å². The fraction of sp³-hybridized carbons (Fsp3) is 0.667. The first-order valence-corrected chi connectivity index (χ1v) is 4.91. The summed E-state index contributed by atoms with van der Waals surface area (Å²) in [6, 6.07) is 0. The summed E-state index contributed by atoms with van der Waals surface area (Å²) in [7, 11) is 1.27. The van der Waals surface area contributed by atoms with Crippen LogP contribution in [-0.4, -0.2) is 52.5 Å². The second-order valence-electron chi connectivity index (χ2n) is 3.13. The summed E-state index contributed by atoms with van der Waals surface area (Å²) >= 11 is 0. The standard InChI is InChI=1S/C9H15N3O4/c1-3-16-6-7(13)4-12-5-8(10-11-12)9(14)15-2/h5,7,13H,3-4,6H2,1-2H3. The molecule has 1 aromatic heterocycles. The molecule has 90 valence electrons. The highest BCUT2D eigenvalue weighted by molar-refractivity contribution is 5.86. The number of aromatic nitrogens is 3. The molecular weight excluding hydrogens is 214 g/mol. The van der Waals surface area contributed by atoms with Crippen LogP contribution in [0.4, 0.5) is 0 Å². The van der Waals surface area contributed by atoms with Gasteiger partial charge in [0, 0.05) is 6.61 Å². The van der Waals surface area contributed by atoms with Crippen LogP contribution < -0.4 is 0 Å². The maximum atomic E-state index is 11.1. The molecule has 0 aliphatic heterocycles. The molecule has 7 heteroatoms. The third-order valence-corrected chi connectivity index (χ3v) is 1.85. The zero-order valence-electron chi connectivity index (χ0n) is 9.29. The Morgan fingerprint density at radius 1 is 1.69 bits per heavy atom. The monoisotopic (exact) mass is 229 g/mol. The summed E-state index contributed by atoms with van der Waals surface area (Å²) in [6.45, 7) is 2.84. The van der Waals surface area contributed by atoms with Crippen LogP contribution in [-0.2, 0) is 16.0 Å². The van der Waals surface area contributed by atoms with Crippen molar-refractivity contribution in [3.05, 3.63) is 11.9 Å². The van der Waals surface area contributed by atoms with Gasteiger partial charge in [0.25, 0.3) is 0 Å². The SMILES string of the molecule is CCOCC(O)Cn1cc(C(=O)OC)nn1. The molecule has 0 bridgehead atoms. The number of aliphatic hydroxyl groups excluding tert-OH is 1. The van der Waals surface area contributed by atoms with E-state index < -0.39 is 12.1 Å². The molecule has 0 aliphatic carbocycles. The molecule has 0 saturated carbocycles. The molecule has 0 radical (unpaired) electrons. The van der Waals surface area contributed by atoms with E-state index in [-0.39, 0.29) is 18.8 Å². The van der Waals surface area contributed by atoms with Crippen molar-refractivity contribution in [1.82, 2.24) is 15.0 Å². The van der Waals surface area contributed by atoms with Crippen molar-refractivity contribution in [2.75, 3.05) is 20.3 Å². The van der Waals surface area contributed by atoms with E-state index >= 15 is 0 Å². The normalized spacial score (nSPS) is 12.4. The average Bonchev–Trinajstić information content (AvgIpc) is 2.73. The molecule has 1 heterocycles. The third-order valence-electron chi connectivity index (χ3n) is 1.85. The van der Waals surface area contributed by atoms with Gasteiger partial charge in [0.2, 0.25) is 0 Å². The molecule has 1 N–H and O–H groups in total. The van der Waals surface area contributed by atoms with Crippen molar-refractivity contribution >= 4 is 5.97 Å². The molecule has 16 heavy (non-hydrogen) atoms. The molecule has 0 saturated heterocycles. The van der Waals surface area contributed by atoms with Crippen molar-refractivity contribution < 1.29 is 19.4 Å². The number of carbonyl (C=O) groups excluding carboxylic acids is 1. The number of carbonyl (C=O) groups is 1. The minimum absolute atomic E-state index is 0.117. The van der Waals surface area contributed by atoms with E-state index in [1.807, 2.05) is 6.92 Å². The summed E-state index contributed by atoms with van der Waals surface area (Å²) in [5, 5.41) is 16.8. The summed E-state index contributed by atoms with van der Waals surface area (Å²) in [5.74, 6) is -0.550. The van der Waals surface area contributed by atoms with Gasteiger partial charge in [-0.05, 0) is 6.92 Å². The number of ether oxygens (including phenoxy) is 2. The van der Waals surface area contributed by atoms with Crippen LogP contribution in [0.2, 0.25) is 0 Å². The number of esters is 1. The Hall–Kier alpha value is -1.47. The first-order chi connectivity index (χ1) is 7.67. The predicted molar refractivity (Wildman–Crippen MR) is 53.9 cm³/mol. The summed E-state index contributed by atoms with van der Waals surface area (Å²) in [6.07, 6.45) is 0.744. The van der Waals surface area contributed by atoms with Crippen molar-refractivity contribution in [1.29, 1.82) is 0 Å². The molecular formula is C9H15N3O4. The number of nitrogens with zero attached hydrogens (tertiary/aromatic N) is 3. The van der Waals surface area contributed by atoms with Crippen molar-refractivity contribution in [2.45, 2.75) is 19.6 Å².